The number of nitrogens with zero attached hydrogens (tertiary/aromatic N) is 1. The van der Waals surface area contributed by atoms with E-state index in [0.717, 1.165) is 24.2 Å². The van der Waals surface area contributed by atoms with Crippen LogP contribution in [0.4, 0.5) is 0 Å². The number of aromatic nitrogens is 1. The molecule has 114 valence electrons. The molecule has 0 spiro atoms. The van der Waals surface area contributed by atoms with Gasteiger partial charge in [-0.2, -0.15) is 0 Å². The molecule has 0 saturated heterocycles. The van der Waals surface area contributed by atoms with Crippen molar-refractivity contribution in [1.29, 1.82) is 0 Å². The lowest BCUT2D eigenvalue weighted by atomic mass is 9.48. The molecule has 4 bridgehead atoms. The molecule has 5 rings (SSSR count). The number of rotatable bonds is 5. The first kappa shape index (κ1) is 13.8. The number of likely N-dealkylation sites (N-methyl/N-ethyl adjacent to an activating group) is 1. The van der Waals surface area contributed by atoms with Crippen molar-refractivity contribution in [2.45, 2.75) is 57.4 Å². The van der Waals surface area contributed by atoms with Crippen molar-refractivity contribution in [2.75, 3.05) is 7.05 Å². The van der Waals surface area contributed by atoms with Crippen molar-refractivity contribution in [3.63, 3.8) is 0 Å². The Morgan fingerprint density at radius 3 is 2.19 bits per heavy atom. The number of nitrogens with one attached hydrogen (secondary N) is 1. The zero-order valence-corrected chi connectivity index (χ0v) is 13.2. The zero-order chi connectivity index (χ0) is 14.3. The number of hydrogen-bond acceptors (Lipinski definition) is 2. The quantitative estimate of drug-likeness (QED) is 0.889. The van der Waals surface area contributed by atoms with E-state index in [1.54, 1.807) is 19.3 Å². The van der Waals surface area contributed by atoms with Crippen LogP contribution in [-0.4, -0.2) is 18.1 Å². The predicted octanol–water partition coefficient (Wildman–Crippen LogP) is 3.82. The molecule has 0 amide bonds. The summed E-state index contributed by atoms with van der Waals surface area (Å²) in [6.45, 7) is 0. The van der Waals surface area contributed by atoms with Crippen molar-refractivity contribution < 1.29 is 0 Å². The van der Waals surface area contributed by atoms with Crippen LogP contribution in [0.25, 0.3) is 0 Å². The van der Waals surface area contributed by atoms with Crippen molar-refractivity contribution in [3.8, 4) is 0 Å². The van der Waals surface area contributed by atoms with Crippen molar-refractivity contribution in [2.24, 2.45) is 23.2 Å². The normalized spacial score (nSPS) is 38.6. The van der Waals surface area contributed by atoms with Gasteiger partial charge in [-0.3, -0.25) is 4.98 Å². The van der Waals surface area contributed by atoms with Gasteiger partial charge in [0, 0.05) is 18.4 Å². The van der Waals surface area contributed by atoms with Gasteiger partial charge in [0.2, 0.25) is 0 Å². The summed E-state index contributed by atoms with van der Waals surface area (Å²) in [4.78, 5) is 4.14. The molecular formula is C19H28N2. The summed E-state index contributed by atoms with van der Waals surface area (Å²) in [5, 5.41) is 3.61. The van der Waals surface area contributed by atoms with Crippen LogP contribution in [0.3, 0.4) is 0 Å². The van der Waals surface area contributed by atoms with Crippen molar-refractivity contribution >= 4 is 0 Å². The van der Waals surface area contributed by atoms with Crippen molar-refractivity contribution in [1.82, 2.24) is 10.3 Å². The Bertz CT molecular complexity index is 446. The van der Waals surface area contributed by atoms with Gasteiger partial charge in [-0.05, 0) is 99.3 Å². The van der Waals surface area contributed by atoms with E-state index >= 15 is 0 Å². The maximum atomic E-state index is 4.14. The molecule has 1 unspecified atom stereocenters. The minimum absolute atomic E-state index is 0.628. The summed E-state index contributed by atoms with van der Waals surface area (Å²) in [7, 11) is 2.15. The minimum Gasteiger partial charge on any atom is -0.317 e. The number of pyridine rings is 1. The molecule has 2 nitrogen and oxygen atoms in total. The smallest absolute Gasteiger partial charge is 0.0270 e. The third kappa shape index (κ3) is 2.75. The van der Waals surface area contributed by atoms with Crippen LogP contribution in [0.15, 0.2) is 24.5 Å². The maximum absolute atomic E-state index is 4.14. The summed E-state index contributed by atoms with van der Waals surface area (Å²) in [6, 6.07) is 4.97. The SMILES string of the molecule is CNC(Cc1ccncc1)CC12CC3CC(CC(C3)C1)C2. The molecule has 1 N–H and O–H groups in total. The summed E-state index contributed by atoms with van der Waals surface area (Å²) < 4.78 is 0. The predicted molar refractivity (Wildman–Crippen MR) is 86.0 cm³/mol. The largest absolute Gasteiger partial charge is 0.317 e. The topological polar surface area (TPSA) is 24.9 Å². The Balaban J connectivity index is 1.46. The highest BCUT2D eigenvalue weighted by Crippen LogP contribution is 2.61. The Labute approximate surface area is 128 Å². The molecule has 4 aliphatic rings. The molecule has 0 radical (unpaired) electrons. The molecule has 4 aliphatic carbocycles. The Kier molecular flexibility index (Phi) is 3.53. The lowest BCUT2D eigenvalue weighted by molar-refractivity contribution is -0.0616. The van der Waals surface area contributed by atoms with Crippen LogP contribution < -0.4 is 5.32 Å². The van der Waals surface area contributed by atoms with Crippen LogP contribution in [0, 0.1) is 23.2 Å². The second kappa shape index (κ2) is 5.39. The minimum atomic E-state index is 0.628. The zero-order valence-electron chi connectivity index (χ0n) is 13.2. The molecule has 4 saturated carbocycles. The molecule has 1 aromatic rings. The molecule has 0 aliphatic heterocycles. The average Bonchev–Trinajstić information content (AvgIpc) is 2.46. The van der Waals surface area contributed by atoms with Gasteiger partial charge in [-0.15, -0.1) is 0 Å². The molecule has 1 heterocycles. The summed E-state index contributed by atoms with van der Waals surface area (Å²) in [5.41, 5.74) is 2.10. The van der Waals surface area contributed by atoms with Crippen LogP contribution in [0.2, 0.25) is 0 Å². The maximum Gasteiger partial charge on any atom is 0.0270 e. The fraction of sp³-hybridized carbons (Fsp3) is 0.737. The Hall–Kier alpha value is -0.890. The average molecular weight is 284 g/mol. The van der Waals surface area contributed by atoms with Gasteiger partial charge in [-0.25, -0.2) is 0 Å². The molecular weight excluding hydrogens is 256 g/mol. The summed E-state index contributed by atoms with van der Waals surface area (Å²) >= 11 is 0. The highest BCUT2D eigenvalue weighted by molar-refractivity contribution is 5.12. The van der Waals surface area contributed by atoms with E-state index in [2.05, 4.69) is 29.5 Å². The fourth-order valence-electron chi connectivity index (χ4n) is 6.14. The lowest BCUT2D eigenvalue weighted by Gasteiger charge is -2.57. The van der Waals surface area contributed by atoms with Gasteiger partial charge >= 0.3 is 0 Å². The highest BCUT2D eigenvalue weighted by Gasteiger charge is 2.51. The summed E-state index contributed by atoms with van der Waals surface area (Å²) in [5.74, 6) is 3.19. The van der Waals surface area contributed by atoms with E-state index in [4.69, 9.17) is 0 Å². The van der Waals surface area contributed by atoms with Gasteiger partial charge < -0.3 is 5.32 Å². The first-order valence-electron chi connectivity index (χ1n) is 8.81. The fourth-order valence-corrected chi connectivity index (χ4v) is 6.14. The second-order valence-electron chi connectivity index (χ2n) is 8.17. The Morgan fingerprint density at radius 1 is 1.10 bits per heavy atom. The lowest BCUT2D eigenvalue weighted by Crippen LogP contribution is -2.48. The third-order valence-electron chi connectivity index (χ3n) is 6.48. The van der Waals surface area contributed by atoms with Crippen molar-refractivity contribution in [3.05, 3.63) is 30.1 Å². The van der Waals surface area contributed by atoms with E-state index in [1.807, 2.05) is 12.4 Å². The molecule has 1 atom stereocenters. The monoisotopic (exact) mass is 284 g/mol. The first-order chi connectivity index (χ1) is 10.2. The van der Waals surface area contributed by atoms with Crippen LogP contribution in [0.5, 0.6) is 0 Å². The van der Waals surface area contributed by atoms with Crippen LogP contribution in [-0.2, 0) is 6.42 Å². The highest BCUT2D eigenvalue weighted by atomic mass is 14.9. The van der Waals surface area contributed by atoms with E-state index in [-0.39, 0.29) is 0 Å². The van der Waals surface area contributed by atoms with Crippen LogP contribution >= 0.6 is 0 Å². The Morgan fingerprint density at radius 2 is 1.67 bits per heavy atom. The van der Waals surface area contributed by atoms with E-state index in [9.17, 15) is 0 Å². The second-order valence-corrected chi connectivity index (χ2v) is 8.17. The van der Waals surface area contributed by atoms with Gasteiger partial charge in [0.1, 0.15) is 0 Å². The van der Waals surface area contributed by atoms with E-state index < -0.39 is 0 Å². The number of hydrogen-bond donors (Lipinski definition) is 1. The van der Waals surface area contributed by atoms with Gasteiger partial charge in [0.05, 0.1) is 0 Å². The summed E-state index contributed by atoms with van der Waals surface area (Å²) in [6.07, 6.45) is 15.6. The first-order valence-corrected chi connectivity index (χ1v) is 8.81. The standard InChI is InChI=1S/C19H28N2/c1-20-18(9-14-2-4-21-5-3-14)13-19-10-15-6-16(11-19)8-17(7-15)12-19/h2-5,15-18,20H,6-13H2,1H3. The van der Waals surface area contributed by atoms with E-state index in [1.165, 1.54) is 31.2 Å². The molecule has 21 heavy (non-hydrogen) atoms. The van der Waals surface area contributed by atoms with Gasteiger partial charge in [0.15, 0.2) is 0 Å². The molecule has 4 fully saturated rings. The molecule has 2 heteroatoms. The molecule has 1 aromatic heterocycles. The van der Waals surface area contributed by atoms with E-state index in [0.29, 0.717) is 11.5 Å². The third-order valence-corrected chi connectivity index (χ3v) is 6.48. The van der Waals surface area contributed by atoms with Crippen LogP contribution in [0.1, 0.15) is 50.5 Å². The molecule has 0 aromatic carbocycles. The van der Waals surface area contributed by atoms with Gasteiger partial charge in [-0.1, -0.05) is 0 Å². The van der Waals surface area contributed by atoms with Gasteiger partial charge in [0.25, 0.3) is 0 Å².